The van der Waals surface area contributed by atoms with Gasteiger partial charge in [-0.3, -0.25) is 0 Å². The molecular weight excluding hydrogens is 242 g/mol. The average molecular weight is 265 g/mol. The highest BCUT2D eigenvalue weighted by Crippen LogP contribution is 2.24. The Morgan fingerprint density at radius 1 is 1.53 bits per heavy atom. The molecule has 2 rings (SSSR count). The number of nitrogens with zero attached hydrogens (tertiary/aromatic N) is 3. The molecule has 6 nitrogen and oxygen atoms in total. The van der Waals surface area contributed by atoms with Crippen LogP contribution in [0.4, 0.5) is 11.6 Å². The number of hydrogen-bond donors (Lipinski definition) is 3. The minimum atomic E-state index is 0.262. The van der Waals surface area contributed by atoms with Crippen LogP contribution in [0, 0.1) is 5.92 Å². The molecule has 1 aliphatic heterocycles. The molecule has 1 aromatic heterocycles. The van der Waals surface area contributed by atoms with Gasteiger partial charge < -0.3 is 15.4 Å². The zero-order chi connectivity index (χ0) is 13.7. The molecule has 0 radical (unpaired) electrons. The second-order valence-corrected chi connectivity index (χ2v) is 4.99. The first kappa shape index (κ1) is 14.0. The van der Waals surface area contributed by atoms with Crippen LogP contribution in [0.25, 0.3) is 0 Å². The first-order valence-electron chi connectivity index (χ1n) is 6.97. The Kier molecular flexibility index (Phi) is 4.93. The number of hydrogen-bond acceptors (Lipinski definition) is 6. The fraction of sp³-hybridized carbons (Fsp3) is 0.692. The average Bonchev–Trinajstić information content (AvgIpc) is 2.47. The van der Waals surface area contributed by atoms with E-state index in [1.165, 1.54) is 6.42 Å². The highest BCUT2D eigenvalue weighted by Gasteiger charge is 2.21. The molecule has 0 bridgehead atoms. The summed E-state index contributed by atoms with van der Waals surface area (Å²) in [4.78, 5) is 11.2. The lowest BCUT2D eigenvalue weighted by Crippen LogP contribution is -2.36. The predicted molar refractivity (Wildman–Crippen MR) is 75.9 cm³/mol. The molecule has 0 aromatic carbocycles. The van der Waals surface area contributed by atoms with Gasteiger partial charge in [-0.05, 0) is 25.2 Å². The van der Waals surface area contributed by atoms with E-state index in [0.717, 1.165) is 44.0 Å². The van der Waals surface area contributed by atoms with Crippen LogP contribution < -0.4 is 16.2 Å². The van der Waals surface area contributed by atoms with Gasteiger partial charge in [-0.2, -0.15) is 0 Å². The monoisotopic (exact) mass is 265 g/mol. The van der Waals surface area contributed by atoms with Gasteiger partial charge in [0.15, 0.2) is 0 Å². The summed E-state index contributed by atoms with van der Waals surface area (Å²) in [6.07, 6.45) is 3.98. The molecule has 1 saturated heterocycles. The maximum atomic E-state index is 9.07. The van der Waals surface area contributed by atoms with Crippen LogP contribution in [0.2, 0.25) is 0 Å². The first-order chi connectivity index (χ1) is 9.26. The van der Waals surface area contributed by atoms with Crippen molar-refractivity contribution in [3.63, 3.8) is 0 Å². The van der Waals surface area contributed by atoms with E-state index < -0.39 is 0 Å². The van der Waals surface area contributed by atoms with Gasteiger partial charge in [0.2, 0.25) is 0 Å². The van der Waals surface area contributed by atoms with Crippen molar-refractivity contribution in [3.05, 3.63) is 11.9 Å². The van der Waals surface area contributed by atoms with E-state index in [0.29, 0.717) is 11.7 Å². The third-order valence-corrected chi connectivity index (χ3v) is 3.60. The van der Waals surface area contributed by atoms with Gasteiger partial charge in [-0.1, -0.05) is 6.92 Å². The Hall–Kier alpha value is -1.40. The van der Waals surface area contributed by atoms with Gasteiger partial charge in [0, 0.05) is 32.2 Å². The molecule has 0 spiro atoms. The summed E-state index contributed by atoms with van der Waals surface area (Å²) in [6.45, 7) is 4.25. The highest BCUT2D eigenvalue weighted by molar-refractivity contribution is 5.49. The van der Waals surface area contributed by atoms with Crippen molar-refractivity contribution in [2.24, 2.45) is 11.8 Å². The predicted octanol–water partition coefficient (Wildman–Crippen LogP) is 0.923. The van der Waals surface area contributed by atoms with Crippen LogP contribution in [-0.2, 0) is 6.42 Å². The molecule has 19 heavy (non-hydrogen) atoms. The van der Waals surface area contributed by atoms with Crippen LogP contribution in [0.15, 0.2) is 6.07 Å². The number of aliphatic hydroxyl groups excluding tert-OH is 1. The second-order valence-electron chi connectivity index (χ2n) is 4.99. The van der Waals surface area contributed by atoms with E-state index in [4.69, 9.17) is 10.9 Å². The minimum Gasteiger partial charge on any atom is -0.396 e. The number of piperidine rings is 1. The zero-order valence-corrected chi connectivity index (χ0v) is 11.5. The van der Waals surface area contributed by atoms with Crippen molar-refractivity contribution in [1.29, 1.82) is 0 Å². The number of aliphatic hydroxyl groups is 1. The summed E-state index contributed by atoms with van der Waals surface area (Å²) in [5.41, 5.74) is 2.60. The van der Waals surface area contributed by atoms with Gasteiger partial charge in [-0.25, -0.2) is 15.8 Å². The molecule has 1 atom stereocenters. The standard InChI is InChI=1S/C13H23N5O/c1-2-11-15-12(17-14)8-13(16-11)18-6-3-4-10(9-18)5-7-19/h8,10,19H,2-7,9,14H2,1H3,(H,15,16,17). The van der Waals surface area contributed by atoms with Gasteiger partial charge in [0.1, 0.15) is 17.5 Å². The number of hydrazine groups is 1. The van der Waals surface area contributed by atoms with E-state index in [1.807, 2.05) is 13.0 Å². The van der Waals surface area contributed by atoms with Crippen molar-refractivity contribution >= 4 is 11.6 Å². The lowest BCUT2D eigenvalue weighted by atomic mass is 9.95. The lowest BCUT2D eigenvalue weighted by Gasteiger charge is -2.33. The number of nitrogens with two attached hydrogens (primary N) is 1. The van der Waals surface area contributed by atoms with E-state index in [2.05, 4.69) is 20.3 Å². The van der Waals surface area contributed by atoms with Crippen molar-refractivity contribution in [2.45, 2.75) is 32.6 Å². The van der Waals surface area contributed by atoms with Gasteiger partial charge in [0.05, 0.1) is 0 Å². The fourth-order valence-corrected chi connectivity index (χ4v) is 2.57. The molecule has 1 aliphatic rings. The smallest absolute Gasteiger partial charge is 0.145 e. The molecule has 6 heteroatoms. The number of nitrogen functional groups attached to an aromatic ring is 1. The fourth-order valence-electron chi connectivity index (χ4n) is 2.57. The number of rotatable bonds is 5. The summed E-state index contributed by atoms with van der Waals surface area (Å²) < 4.78 is 0. The third kappa shape index (κ3) is 3.54. The first-order valence-corrected chi connectivity index (χ1v) is 6.97. The Bertz CT molecular complexity index is 388. The van der Waals surface area contributed by atoms with E-state index >= 15 is 0 Å². The van der Waals surface area contributed by atoms with E-state index in [-0.39, 0.29) is 6.61 Å². The van der Waals surface area contributed by atoms with Gasteiger partial charge in [-0.15, -0.1) is 0 Å². The Labute approximate surface area is 114 Å². The van der Waals surface area contributed by atoms with Crippen molar-refractivity contribution in [3.8, 4) is 0 Å². The number of aromatic nitrogens is 2. The van der Waals surface area contributed by atoms with Gasteiger partial charge in [0.25, 0.3) is 0 Å². The number of anilines is 2. The summed E-state index contributed by atoms with van der Waals surface area (Å²) in [5, 5.41) is 9.07. The molecule has 1 aromatic rings. The quantitative estimate of drug-likeness (QED) is 0.542. The summed E-state index contributed by atoms with van der Waals surface area (Å²) in [5.74, 6) is 8.40. The van der Waals surface area contributed by atoms with Crippen LogP contribution in [0.3, 0.4) is 0 Å². The molecule has 1 fully saturated rings. The maximum absolute atomic E-state index is 9.07. The Balaban J connectivity index is 2.15. The molecular formula is C13H23N5O. The maximum Gasteiger partial charge on any atom is 0.145 e. The lowest BCUT2D eigenvalue weighted by molar-refractivity contribution is 0.244. The van der Waals surface area contributed by atoms with Crippen LogP contribution >= 0.6 is 0 Å². The van der Waals surface area contributed by atoms with E-state index in [9.17, 15) is 0 Å². The summed E-state index contributed by atoms with van der Waals surface area (Å²) in [6, 6.07) is 1.89. The molecule has 2 heterocycles. The number of aryl methyl sites for hydroxylation is 1. The Morgan fingerprint density at radius 2 is 2.37 bits per heavy atom. The zero-order valence-electron chi connectivity index (χ0n) is 11.5. The molecule has 1 unspecified atom stereocenters. The van der Waals surface area contributed by atoms with Crippen molar-refractivity contribution in [2.75, 3.05) is 30.0 Å². The minimum absolute atomic E-state index is 0.262. The van der Waals surface area contributed by atoms with Crippen LogP contribution in [0.1, 0.15) is 32.0 Å². The normalized spacial score (nSPS) is 19.5. The topological polar surface area (TPSA) is 87.3 Å². The van der Waals surface area contributed by atoms with Crippen LogP contribution in [-0.4, -0.2) is 34.8 Å². The molecule has 0 aliphatic carbocycles. The molecule has 4 N–H and O–H groups in total. The molecule has 0 saturated carbocycles. The van der Waals surface area contributed by atoms with Crippen molar-refractivity contribution in [1.82, 2.24) is 9.97 Å². The largest absolute Gasteiger partial charge is 0.396 e. The summed E-state index contributed by atoms with van der Waals surface area (Å²) >= 11 is 0. The highest BCUT2D eigenvalue weighted by atomic mass is 16.3. The molecule has 0 amide bonds. The summed E-state index contributed by atoms with van der Waals surface area (Å²) in [7, 11) is 0. The van der Waals surface area contributed by atoms with Crippen molar-refractivity contribution < 1.29 is 5.11 Å². The Morgan fingerprint density at radius 3 is 3.05 bits per heavy atom. The van der Waals surface area contributed by atoms with Gasteiger partial charge >= 0.3 is 0 Å². The molecule has 106 valence electrons. The second kappa shape index (κ2) is 6.68. The third-order valence-electron chi connectivity index (χ3n) is 3.60. The SMILES string of the molecule is CCc1nc(NN)cc(N2CCCC(CCO)C2)n1. The van der Waals surface area contributed by atoms with E-state index in [1.54, 1.807) is 0 Å². The van der Waals surface area contributed by atoms with Crippen LogP contribution in [0.5, 0.6) is 0 Å². The number of nitrogens with one attached hydrogen (secondary N) is 1.